The Morgan fingerprint density at radius 3 is 2.84 bits per heavy atom. The minimum atomic E-state index is -3.69. The number of carbonyl (C=O) groups excluding carboxylic acids is 1. The second-order valence-electron chi connectivity index (χ2n) is 3.56. The molecular formula is C13H14N2O3S. The van der Waals surface area contributed by atoms with Crippen molar-refractivity contribution in [1.29, 1.82) is 0 Å². The molecule has 0 radical (unpaired) electrons. The lowest BCUT2D eigenvalue weighted by molar-refractivity contribution is 0.0958. The molecule has 100 valence electrons. The van der Waals surface area contributed by atoms with Gasteiger partial charge < -0.3 is 5.32 Å². The summed E-state index contributed by atoms with van der Waals surface area (Å²) in [5.74, 6) is 1.81. The van der Waals surface area contributed by atoms with Crippen molar-refractivity contribution in [1.82, 2.24) is 10.0 Å². The van der Waals surface area contributed by atoms with Crippen LogP contribution in [-0.4, -0.2) is 27.4 Å². The van der Waals surface area contributed by atoms with Gasteiger partial charge in [-0.3, -0.25) is 4.79 Å². The standard InChI is InChI=1S/C13H14N2O3S/c1-3-8-14-13(16)11-6-5-7-12(10-11)19(17,18)15-9-4-2/h2-3,5-7,10,15H,1,8-9H2,(H,14,16). The predicted octanol–water partition coefficient (Wildman–Crippen LogP) is 0.514. The maximum atomic E-state index is 11.8. The lowest BCUT2D eigenvalue weighted by Gasteiger charge is -2.06. The largest absolute Gasteiger partial charge is 0.349 e. The Morgan fingerprint density at radius 1 is 1.47 bits per heavy atom. The Morgan fingerprint density at radius 2 is 2.21 bits per heavy atom. The van der Waals surface area contributed by atoms with Crippen molar-refractivity contribution in [3.63, 3.8) is 0 Å². The Balaban J connectivity index is 2.97. The maximum Gasteiger partial charge on any atom is 0.251 e. The van der Waals surface area contributed by atoms with Crippen LogP contribution in [0.3, 0.4) is 0 Å². The second kappa shape index (κ2) is 6.73. The third kappa shape index (κ3) is 4.25. The van der Waals surface area contributed by atoms with Gasteiger partial charge in [0.2, 0.25) is 10.0 Å². The first-order valence-corrected chi connectivity index (χ1v) is 6.92. The maximum absolute atomic E-state index is 11.8. The number of sulfonamides is 1. The van der Waals surface area contributed by atoms with Gasteiger partial charge in [-0.15, -0.1) is 13.0 Å². The molecule has 5 nitrogen and oxygen atoms in total. The molecule has 0 aromatic heterocycles. The lowest BCUT2D eigenvalue weighted by Crippen LogP contribution is -2.26. The van der Waals surface area contributed by atoms with Gasteiger partial charge in [-0.1, -0.05) is 18.1 Å². The van der Waals surface area contributed by atoms with E-state index in [1.54, 1.807) is 0 Å². The molecule has 6 heteroatoms. The third-order valence-corrected chi connectivity index (χ3v) is 3.58. The average Bonchev–Trinajstić information content (AvgIpc) is 2.42. The van der Waals surface area contributed by atoms with Crippen molar-refractivity contribution < 1.29 is 13.2 Å². The molecule has 0 aliphatic carbocycles. The molecule has 19 heavy (non-hydrogen) atoms. The number of hydrogen-bond acceptors (Lipinski definition) is 3. The molecule has 1 amide bonds. The molecule has 2 N–H and O–H groups in total. The summed E-state index contributed by atoms with van der Waals surface area (Å²) < 4.78 is 25.9. The Bertz CT molecular complexity index is 615. The van der Waals surface area contributed by atoms with E-state index in [1.807, 2.05) is 0 Å². The van der Waals surface area contributed by atoms with Crippen molar-refractivity contribution >= 4 is 15.9 Å². The number of amides is 1. The molecule has 1 rings (SSSR count). The first kappa shape index (κ1) is 15.0. The van der Waals surface area contributed by atoms with Crippen molar-refractivity contribution in [3.8, 4) is 12.3 Å². The van der Waals surface area contributed by atoms with Crippen LogP contribution in [0.5, 0.6) is 0 Å². The highest BCUT2D eigenvalue weighted by atomic mass is 32.2. The molecule has 0 unspecified atom stereocenters. The fourth-order valence-corrected chi connectivity index (χ4v) is 2.27. The van der Waals surface area contributed by atoms with Crippen molar-refractivity contribution in [2.45, 2.75) is 4.90 Å². The van der Waals surface area contributed by atoms with Crippen molar-refractivity contribution in [2.75, 3.05) is 13.1 Å². The molecule has 0 heterocycles. The average molecular weight is 278 g/mol. The summed E-state index contributed by atoms with van der Waals surface area (Å²) in [5, 5.41) is 2.57. The van der Waals surface area contributed by atoms with Gasteiger partial charge in [-0.2, -0.15) is 4.72 Å². The van der Waals surface area contributed by atoms with Gasteiger partial charge in [0, 0.05) is 12.1 Å². The van der Waals surface area contributed by atoms with E-state index >= 15 is 0 Å². The summed E-state index contributed by atoms with van der Waals surface area (Å²) in [5.41, 5.74) is 0.255. The minimum absolute atomic E-state index is 0.00555. The highest BCUT2D eigenvalue weighted by molar-refractivity contribution is 7.89. The first-order chi connectivity index (χ1) is 9.01. The van der Waals surface area contributed by atoms with Gasteiger partial charge in [-0.05, 0) is 18.2 Å². The quantitative estimate of drug-likeness (QED) is 0.588. The lowest BCUT2D eigenvalue weighted by atomic mass is 10.2. The zero-order chi connectivity index (χ0) is 14.3. The fourth-order valence-electron chi connectivity index (χ4n) is 1.29. The molecule has 0 fully saturated rings. The molecule has 0 aliphatic rings. The van der Waals surface area contributed by atoms with Crippen LogP contribution in [0, 0.1) is 12.3 Å². The smallest absolute Gasteiger partial charge is 0.251 e. The summed E-state index contributed by atoms with van der Waals surface area (Å²) in [6, 6.07) is 5.70. The van der Waals surface area contributed by atoms with E-state index in [4.69, 9.17) is 6.42 Å². The third-order valence-electron chi connectivity index (χ3n) is 2.18. The number of hydrogen-bond donors (Lipinski definition) is 2. The summed E-state index contributed by atoms with van der Waals surface area (Å²) in [6.07, 6.45) is 6.53. The van der Waals surface area contributed by atoms with Gasteiger partial charge in [-0.25, -0.2) is 8.42 Å². The Hall–Kier alpha value is -2.10. The number of terminal acetylenes is 1. The number of carbonyl (C=O) groups is 1. The molecule has 0 atom stereocenters. The first-order valence-electron chi connectivity index (χ1n) is 5.43. The van der Waals surface area contributed by atoms with Gasteiger partial charge in [0.15, 0.2) is 0 Å². The van der Waals surface area contributed by atoms with E-state index < -0.39 is 10.0 Å². The van der Waals surface area contributed by atoms with Gasteiger partial charge in [0.25, 0.3) is 5.91 Å². The van der Waals surface area contributed by atoms with Crippen LogP contribution in [0.15, 0.2) is 41.8 Å². The summed E-state index contributed by atoms with van der Waals surface area (Å²) in [4.78, 5) is 11.7. The molecular weight excluding hydrogens is 264 g/mol. The summed E-state index contributed by atoms with van der Waals surface area (Å²) >= 11 is 0. The topological polar surface area (TPSA) is 75.3 Å². The van der Waals surface area contributed by atoms with Crippen LogP contribution in [0.2, 0.25) is 0 Å². The molecule has 0 saturated heterocycles. The zero-order valence-corrected chi connectivity index (χ0v) is 11.0. The normalized spacial score (nSPS) is 10.5. The highest BCUT2D eigenvalue weighted by Gasteiger charge is 2.15. The molecule has 0 spiro atoms. The van der Waals surface area contributed by atoms with Crippen LogP contribution in [0.25, 0.3) is 0 Å². The number of nitrogens with one attached hydrogen (secondary N) is 2. The van der Waals surface area contributed by atoms with Crippen LogP contribution in [0.1, 0.15) is 10.4 Å². The van der Waals surface area contributed by atoms with Crippen LogP contribution in [-0.2, 0) is 10.0 Å². The molecule has 0 aliphatic heterocycles. The van der Waals surface area contributed by atoms with Crippen LogP contribution < -0.4 is 10.0 Å². The van der Waals surface area contributed by atoms with E-state index in [9.17, 15) is 13.2 Å². The van der Waals surface area contributed by atoms with Crippen molar-refractivity contribution in [3.05, 3.63) is 42.5 Å². The van der Waals surface area contributed by atoms with E-state index in [0.717, 1.165) is 0 Å². The fraction of sp³-hybridized carbons (Fsp3) is 0.154. The van der Waals surface area contributed by atoms with Gasteiger partial charge in [0.1, 0.15) is 0 Å². The van der Waals surface area contributed by atoms with Gasteiger partial charge >= 0.3 is 0 Å². The molecule has 1 aromatic carbocycles. The number of benzene rings is 1. The van der Waals surface area contributed by atoms with Crippen molar-refractivity contribution in [2.24, 2.45) is 0 Å². The van der Waals surface area contributed by atoms with E-state index in [2.05, 4.69) is 22.5 Å². The van der Waals surface area contributed by atoms with E-state index in [1.165, 1.54) is 30.3 Å². The zero-order valence-electron chi connectivity index (χ0n) is 10.2. The Kier molecular flexibility index (Phi) is 5.30. The molecule has 1 aromatic rings. The van der Waals surface area contributed by atoms with E-state index in [-0.39, 0.29) is 22.9 Å². The molecule has 0 saturated carbocycles. The second-order valence-corrected chi connectivity index (χ2v) is 5.32. The highest BCUT2D eigenvalue weighted by Crippen LogP contribution is 2.11. The van der Waals surface area contributed by atoms with Crippen LogP contribution in [0.4, 0.5) is 0 Å². The monoisotopic (exact) mass is 278 g/mol. The minimum Gasteiger partial charge on any atom is -0.349 e. The summed E-state index contributed by atoms with van der Waals surface area (Å²) in [7, 11) is -3.69. The summed E-state index contributed by atoms with van der Waals surface area (Å²) in [6.45, 7) is 3.69. The predicted molar refractivity (Wildman–Crippen MR) is 73.0 cm³/mol. The Labute approximate surface area is 112 Å². The van der Waals surface area contributed by atoms with Crippen LogP contribution >= 0.6 is 0 Å². The van der Waals surface area contributed by atoms with Gasteiger partial charge in [0.05, 0.1) is 11.4 Å². The SMILES string of the molecule is C#CCNS(=O)(=O)c1cccc(C(=O)NCC=C)c1. The molecule has 0 bridgehead atoms. The number of rotatable bonds is 6. The van der Waals surface area contributed by atoms with E-state index in [0.29, 0.717) is 6.54 Å².